The quantitative estimate of drug-likeness (QED) is 0.541. The number of aromatic nitrogens is 1. The van der Waals surface area contributed by atoms with Gasteiger partial charge in [0, 0.05) is 11.8 Å². The van der Waals surface area contributed by atoms with Crippen molar-refractivity contribution in [3.8, 4) is 0 Å². The van der Waals surface area contributed by atoms with E-state index >= 15 is 0 Å². The van der Waals surface area contributed by atoms with Gasteiger partial charge in [0.2, 0.25) is 5.58 Å². The smallest absolute Gasteiger partial charge is 0.393 e. The zero-order valence-corrected chi connectivity index (χ0v) is 9.85. The third-order valence-electron chi connectivity index (χ3n) is 2.34. The lowest BCUT2D eigenvalue weighted by molar-refractivity contribution is -0.716. The van der Waals surface area contributed by atoms with Gasteiger partial charge >= 0.3 is 5.22 Å². The highest BCUT2D eigenvalue weighted by atomic mass is 79.9. The Kier molecular flexibility index (Phi) is 2.06. The molecule has 0 radical (unpaired) electrons. The topological polar surface area (TPSA) is 17.0 Å². The molecule has 2 aromatic rings. The molecule has 1 atom stereocenters. The van der Waals surface area contributed by atoms with Crippen LogP contribution in [0, 0.1) is 0 Å². The molecule has 0 saturated carbocycles. The Bertz CT molecular complexity index is 482. The SMILES string of the molecule is BrC1CSc2oc3ccccc3[n+]2C1. The van der Waals surface area contributed by atoms with Crippen molar-refractivity contribution >= 4 is 38.8 Å². The van der Waals surface area contributed by atoms with Crippen LogP contribution in [0.5, 0.6) is 0 Å². The zero-order valence-electron chi connectivity index (χ0n) is 7.44. The van der Waals surface area contributed by atoms with E-state index in [2.05, 4.69) is 26.6 Å². The molecule has 4 heteroatoms. The standard InChI is InChI=1S/C10H9BrNOS/c11-7-5-12-8-3-1-2-4-9(8)13-10(12)14-6-7/h1-4,7H,5-6H2/q+1. The maximum Gasteiger partial charge on any atom is 0.412 e. The molecule has 1 unspecified atom stereocenters. The second-order valence-corrected chi connectivity index (χ2v) is 5.62. The molecule has 1 aromatic carbocycles. The molecule has 0 aliphatic carbocycles. The molecule has 0 fully saturated rings. The summed E-state index contributed by atoms with van der Waals surface area (Å²) in [5.74, 6) is 1.08. The van der Waals surface area contributed by atoms with E-state index in [0.29, 0.717) is 4.83 Å². The third kappa shape index (κ3) is 1.28. The summed E-state index contributed by atoms with van der Waals surface area (Å²) in [6.07, 6.45) is 0. The molecule has 2 heterocycles. The fourth-order valence-corrected chi connectivity index (χ4v) is 3.30. The Balaban J connectivity index is 2.25. The highest BCUT2D eigenvalue weighted by Crippen LogP contribution is 2.27. The molecule has 0 amide bonds. The van der Waals surface area contributed by atoms with Crippen molar-refractivity contribution in [3.05, 3.63) is 24.3 Å². The van der Waals surface area contributed by atoms with E-state index in [9.17, 15) is 0 Å². The van der Waals surface area contributed by atoms with E-state index in [1.54, 1.807) is 11.8 Å². The Hall–Kier alpha value is -0.480. The van der Waals surface area contributed by atoms with Gasteiger partial charge in [-0.2, -0.15) is 0 Å². The minimum Gasteiger partial charge on any atom is -0.393 e. The Morgan fingerprint density at radius 2 is 2.29 bits per heavy atom. The lowest BCUT2D eigenvalue weighted by Gasteiger charge is -2.08. The van der Waals surface area contributed by atoms with Gasteiger partial charge in [0.25, 0.3) is 5.52 Å². The van der Waals surface area contributed by atoms with Crippen LogP contribution in [0.25, 0.3) is 11.1 Å². The predicted octanol–water partition coefficient (Wildman–Crippen LogP) is 2.59. The van der Waals surface area contributed by atoms with Gasteiger partial charge in [0.15, 0.2) is 6.54 Å². The summed E-state index contributed by atoms with van der Waals surface area (Å²) >= 11 is 5.42. The summed E-state index contributed by atoms with van der Waals surface area (Å²) in [6.45, 7) is 0.999. The first-order valence-electron chi connectivity index (χ1n) is 4.53. The van der Waals surface area contributed by atoms with Crippen molar-refractivity contribution < 1.29 is 8.98 Å². The Morgan fingerprint density at radius 3 is 3.21 bits per heavy atom. The molecular weight excluding hydrogens is 262 g/mol. The molecule has 0 spiro atoms. The fraction of sp³-hybridized carbons (Fsp3) is 0.300. The second kappa shape index (κ2) is 3.28. The molecule has 0 bridgehead atoms. The number of alkyl halides is 1. The number of thioether (sulfide) groups is 1. The maximum absolute atomic E-state index is 5.74. The average molecular weight is 271 g/mol. The number of fused-ring (bicyclic) bond motifs is 3. The predicted molar refractivity (Wildman–Crippen MR) is 59.8 cm³/mol. The lowest BCUT2D eigenvalue weighted by Crippen LogP contribution is -2.42. The van der Waals surface area contributed by atoms with Gasteiger partial charge in [-0.3, -0.25) is 0 Å². The molecule has 2 nitrogen and oxygen atoms in total. The summed E-state index contributed by atoms with van der Waals surface area (Å²) in [5, 5.41) is 1.03. The number of oxazole rings is 1. The van der Waals surface area contributed by atoms with Crippen LogP contribution in [0.15, 0.2) is 33.9 Å². The van der Waals surface area contributed by atoms with E-state index in [-0.39, 0.29) is 0 Å². The highest BCUT2D eigenvalue weighted by molar-refractivity contribution is 9.09. The van der Waals surface area contributed by atoms with E-state index in [1.807, 2.05) is 18.2 Å². The zero-order chi connectivity index (χ0) is 9.54. The summed E-state index contributed by atoms with van der Waals surface area (Å²) in [6, 6.07) is 8.18. The van der Waals surface area contributed by atoms with Crippen LogP contribution in [-0.2, 0) is 6.54 Å². The highest BCUT2D eigenvalue weighted by Gasteiger charge is 2.30. The molecular formula is C10H9BrNOS+. The summed E-state index contributed by atoms with van der Waals surface area (Å²) < 4.78 is 7.98. The second-order valence-electron chi connectivity index (χ2n) is 3.35. The van der Waals surface area contributed by atoms with Crippen molar-refractivity contribution in [3.63, 3.8) is 0 Å². The monoisotopic (exact) mass is 270 g/mol. The van der Waals surface area contributed by atoms with Crippen LogP contribution in [0.4, 0.5) is 0 Å². The van der Waals surface area contributed by atoms with Crippen molar-refractivity contribution in [2.45, 2.75) is 16.6 Å². The molecule has 1 aliphatic heterocycles. The molecule has 14 heavy (non-hydrogen) atoms. The molecule has 72 valence electrons. The normalized spacial score (nSPS) is 21.1. The number of halogens is 1. The van der Waals surface area contributed by atoms with E-state index < -0.39 is 0 Å². The van der Waals surface area contributed by atoms with Crippen LogP contribution in [0.1, 0.15) is 0 Å². The van der Waals surface area contributed by atoms with Gasteiger partial charge < -0.3 is 4.42 Å². The van der Waals surface area contributed by atoms with Crippen LogP contribution in [0.2, 0.25) is 0 Å². The average Bonchev–Trinajstić information content (AvgIpc) is 2.56. The van der Waals surface area contributed by atoms with Crippen LogP contribution < -0.4 is 4.57 Å². The number of hydrogen-bond acceptors (Lipinski definition) is 2. The number of nitrogens with zero attached hydrogens (tertiary/aromatic N) is 1. The fourth-order valence-electron chi connectivity index (χ4n) is 1.71. The van der Waals surface area contributed by atoms with Crippen molar-refractivity contribution in [2.24, 2.45) is 0 Å². The molecule has 1 aromatic heterocycles. The van der Waals surface area contributed by atoms with Gasteiger partial charge in [-0.15, -0.1) is 4.57 Å². The van der Waals surface area contributed by atoms with Gasteiger partial charge in [-0.1, -0.05) is 28.1 Å². The van der Waals surface area contributed by atoms with Crippen LogP contribution >= 0.6 is 27.7 Å². The van der Waals surface area contributed by atoms with Gasteiger partial charge in [-0.05, 0) is 17.8 Å². The maximum atomic E-state index is 5.74. The van der Waals surface area contributed by atoms with Gasteiger partial charge in [0.05, 0.1) is 4.83 Å². The first-order valence-corrected chi connectivity index (χ1v) is 6.43. The molecule has 0 saturated heterocycles. The largest absolute Gasteiger partial charge is 0.412 e. The lowest BCUT2D eigenvalue weighted by atomic mass is 10.3. The molecule has 3 rings (SSSR count). The first kappa shape index (κ1) is 8.80. The summed E-state index contributed by atoms with van der Waals surface area (Å²) in [4.78, 5) is 0.547. The Labute approximate surface area is 94.4 Å². The molecule has 1 aliphatic rings. The number of hydrogen-bond donors (Lipinski definition) is 0. The summed E-state index contributed by atoms with van der Waals surface area (Å²) in [7, 11) is 0. The van der Waals surface area contributed by atoms with E-state index in [0.717, 1.165) is 23.1 Å². The minimum atomic E-state index is 0.547. The van der Waals surface area contributed by atoms with Gasteiger partial charge in [-0.25, -0.2) is 0 Å². The van der Waals surface area contributed by atoms with E-state index in [1.165, 1.54) is 5.52 Å². The van der Waals surface area contributed by atoms with Crippen molar-refractivity contribution in [2.75, 3.05) is 5.75 Å². The van der Waals surface area contributed by atoms with E-state index in [4.69, 9.17) is 4.42 Å². The van der Waals surface area contributed by atoms with Crippen LogP contribution in [-0.4, -0.2) is 10.6 Å². The third-order valence-corrected chi connectivity index (χ3v) is 4.50. The van der Waals surface area contributed by atoms with Crippen molar-refractivity contribution in [1.82, 2.24) is 0 Å². The van der Waals surface area contributed by atoms with Crippen molar-refractivity contribution in [1.29, 1.82) is 0 Å². The van der Waals surface area contributed by atoms with Gasteiger partial charge in [0.1, 0.15) is 0 Å². The summed E-state index contributed by atoms with van der Waals surface area (Å²) in [5.41, 5.74) is 2.18. The number of rotatable bonds is 0. The number of benzene rings is 1. The molecule has 0 N–H and O–H groups in total. The number of para-hydroxylation sites is 2. The Morgan fingerprint density at radius 1 is 1.43 bits per heavy atom. The first-order chi connectivity index (χ1) is 6.84. The minimum absolute atomic E-state index is 0.547. The van der Waals surface area contributed by atoms with Crippen LogP contribution in [0.3, 0.4) is 0 Å².